The van der Waals surface area contributed by atoms with E-state index in [0.717, 1.165) is 6.26 Å². The molecule has 0 aliphatic carbocycles. The summed E-state index contributed by atoms with van der Waals surface area (Å²) < 4.78 is 22.1. The van der Waals surface area contributed by atoms with Gasteiger partial charge in [-0.1, -0.05) is 20.8 Å². The normalized spacial score (nSPS) is 15.4. The number of nitrogens with one attached hydrogen (secondary N) is 2. The van der Waals surface area contributed by atoms with Gasteiger partial charge >= 0.3 is 12.0 Å². The molecule has 0 spiro atoms. The summed E-state index contributed by atoms with van der Waals surface area (Å²) in [6.07, 6.45) is 1.07. The highest BCUT2D eigenvalue weighted by Gasteiger charge is 2.32. The summed E-state index contributed by atoms with van der Waals surface area (Å²) in [4.78, 5) is 22.7. The molecule has 0 aromatic carbocycles. The topological polar surface area (TPSA) is 113 Å². The van der Waals surface area contributed by atoms with Crippen molar-refractivity contribution in [2.75, 3.05) is 12.0 Å². The van der Waals surface area contributed by atoms with Crippen LogP contribution in [0.5, 0.6) is 0 Å². The Morgan fingerprint density at radius 1 is 1.21 bits per heavy atom. The molecule has 2 atom stereocenters. The van der Waals surface area contributed by atoms with Gasteiger partial charge in [0.2, 0.25) is 0 Å². The smallest absolute Gasteiger partial charge is 0.326 e. The number of carbonyl (C=O) groups is 2. The van der Waals surface area contributed by atoms with Crippen LogP contribution in [0.4, 0.5) is 4.79 Å². The first kappa shape index (κ1) is 17.7. The van der Waals surface area contributed by atoms with Gasteiger partial charge in [0, 0.05) is 12.3 Å². The predicted octanol–water partition coefficient (Wildman–Crippen LogP) is 0.218. The van der Waals surface area contributed by atoms with Gasteiger partial charge in [0.05, 0.1) is 5.75 Å². The summed E-state index contributed by atoms with van der Waals surface area (Å²) in [6, 6.07) is -2.35. The molecule has 0 aromatic rings. The summed E-state index contributed by atoms with van der Waals surface area (Å²) in [5.41, 5.74) is -0.650. The van der Waals surface area contributed by atoms with Crippen LogP contribution in [-0.4, -0.2) is 49.6 Å². The lowest BCUT2D eigenvalue weighted by atomic mass is 9.87. The summed E-state index contributed by atoms with van der Waals surface area (Å²) in [5, 5.41) is 13.8. The van der Waals surface area contributed by atoms with Crippen LogP contribution in [0.3, 0.4) is 0 Å². The van der Waals surface area contributed by atoms with Crippen molar-refractivity contribution in [3.8, 4) is 0 Å². The third kappa shape index (κ3) is 7.66. The van der Waals surface area contributed by atoms with Gasteiger partial charge in [0.1, 0.15) is 15.9 Å². The Morgan fingerprint density at radius 2 is 1.68 bits per heavy atom. The van der Waals surface area contributed by atoms with Gasteiger partial charge in [0.25, 0.3) is 0 Å². The van der Waals surface area contributed by atoms with E-state index in [4.69, 9.17) is 5.11 Å². The number of rotatable bonds is 5. The van der Waals surface area contributed by atoms with Crippen molar-refractivity contribution < 1.29 is 23.1 Å². The molecule has 7 nitrogen and oxygen atoms in total. The van der Waals surface area contributed by atoms with Crippen LogP contribution in [0.15, 0.2) is 0 Å². The second kappa shape index (κ2) is 6.23. The van der Waals surface area contributed by atoms with Gasteiger partial charge in [0.15, 0.2) is 0 Å². The molecule has 0 heterocycles. The van der Waals surface area contributed by atoms with Crippen molar-refractivity contribution in [1.82, 2.24) is 10.6 Å². The first-order valence-corrected chi connectivity index (χ1v) is 7.86. The number of sulfone groups is 1. The molecule has 2 amide bonds. The van der Waals surface area contributed by atoms with E-state index in [9.17, 15) is 18.0 Å². The van der Waals surface area contributed by atoms with Crippen LogP contribution < -0.4 is 10.6 Å². The van der Waals surface area contributed by atoms with E-state index in [2.05, 4.69) is 10.6 Å². The highest BCUT2D eigenvalue weighted by Crippen LogP contribution is 2.19. The Hall–Kier alpha value is -1.31. The number of urea groups is 1. The van der Waals surface area contributed by atoms with Gasteiger partial charge < -0.3 is 15.7 Å². The van der Waals surface area contributed by atoms with Crippen LogP contribution in [0.2, 0.25) is 0 Å². The second-order valence-corrected chi connectivity index (χ2v) is 7.93. The van der Waals surface area contributed by atoms with Gasteiger partial charge in [-0.15, -0.1) is 0 Å². The van der Waals surface area contributed by atoms with Gasteiger partial charge in [-0.05, 0) is 12.3 Å². The third-order valence-corrected chi connectivity index (χ3v) is 3.42. The minimum Gasteiger partial charge on any atom is -0.480 e. The Morgan fingerprint density at radius 3 is 2.00 bits per heavy atom. The van der Waals surface area contributed by atoms with Crippen LogP contribution in [0, 0.1) is 5.41 Å². The number of carboxylic acid groups (broad SMARTS) is 1. The third-order valence-electron chi connectivity index (χ3n) is 2.32. The lowest BCUT2D eigenvalue weighted by Gasteiger charge is -2.28. The van der Waals surface area contributed by atoms with E-state index >= 15 is 0 Å². The van der Waals surface area contributed by atoms with Crippen molar-refractivity contribution >= 4 is 21.8 Å². The molecule has 0 aromatic heterocycles. The zero-order chi connectivity index (χ0) is 15.4. The number of hydrogen-bond donors (Lipinski definition) is 3. The molecule has 112 valence electrons. The molecule has 0 bridgehead atoms. The highest BCUT2D eigenvalue weighted by molar-refractivity contribution is 7.90. The average molecular weight is 294 g/mol. The summed E-state index contributed by atoms with van der Waals surface area (Å²) >= 11 is 0. The summed E-state index contributed by atoms with van der Waals surface area (Å²) in [7, 11) is -3.20. The molecule has 0 aliphatic heterocycles. The van der Waals surface area contributed by atoms with Crippen molar-refractivity contribution in [2.24, 2.45) is 5.41 Å². The molecular formula is C11H22N2O5S. The Labute approximate surface area is 113 Å². The second-order valence-electron chi connectivity index (χ2n) is 5.75. The number of carboxylic acids is 1. The molecule has 2 unspecified atom stereocenters. The Bertz CT molecular complexity index is 438. The van der Waals surface area contributed by atoms with E-state index in [1.54, 1.807) is 20.8 Å². The molecule has 0 radical (unpaired) electrons. The Kier molecular flexibility index (Phi) is 5.80. The molecule has 0 saturated heterocycles. The average Bonchev–Trinajstić information content (AvgIpc) is 2.07. The maximum atomic E-state index is 11.6. The summed E-state index contributed by atoms with van der Waals surface area (Å²) in [5.74, 6) is -1.34. The van der Waals surface area contributed by atoms with E-state index in [0.29, 0.717) is 0 Å². The zero-order valence-electron chi connectivity index (χ0n) is 11.9. The van der Waals surface area contributed by atoms with Gasteiger partial charge in [-0.3, -0.25) is 0 Å². The van der Waals surface area contributed by atoms with Crippen LogP contribution in [0.1, 0.15) is 27.7 Å². The molecule has 0 rings (SSSR count). The summed E-state index contributed by atoms with van der Waals surface area (Å²) in [6.45, 7) is 6.59. The standard InChI is InChI=1S/C11H22N2O5S/c1-7(6-19(5,17)18)12-10(16)13-8(9(14)15)11(2,3)4/h7-8H,6H2,1-5H3,(H,14,15)(H2,12,13,16). The first-order valence-electron chi connectivity index (χ1n) is 5.80. The zero-order valence-corrected chi connectivity index (χ0v) is 12.7. The van der Waals surface area contributed by atoms with Gasteiger partial charge in [-0.25, -0.2) is 18.0 Å². The first-order chi connectivity index (χ1) is 8.33. The Balaban J connectivity index is 4.57. The molecule has 0 fully saturated rings. The monoisotopic (exact) mass is 294 g/mol. The molecule has 0 aliphatic rings. The lowest BCUT2D eigenvalue weighted by molar-refractivity contribution is -0.141. The molecule has 0 saturated carbocycles. The van der Waals surface area contributed by atoms with Crippen molar-refractivity contribution in [3.63, 3.8) is 0 Å². The van der Waals surface area contributed by atoms with E-state index in [-0.39, 0.29) is 5.75 Å². The fourth-order valence-corrected chi connectivity index (χ4v) is 2.53. The number of carbonyl (C=O) groups excluding carboxylic acids is 1. The predicted molar refractivity (Wildman–Crippen MR) is 71.7 cm³/mol. The van der Waals surface area contributed by atoms with E-state index in [1.165, 1.54) is 6.92 Å². The molecular weight excluding hydrogens is 272 g/mol. The maximum Gasteiger partial charge on any atom is 0.326 e. The SMILES string of the molecule is CC(CS(C)(=O)=O)NC(=O)NC(C(=O)O)C(C)(C)C. The molecule has 3 N–H and O–H groups in total. The van der Waals surface area contributed by atoms with Crippen LogP contribution >= 0.6 is 0 Å². The maximum absolute atomic E-state index is 11.6. The largest absolute Gasteiger partial charge is 0.480 e. The highest BCUT2D eigenvalue weighted by atomic mass is 32.2. The van der Waals surface area contributed by atoms with E-state index < -0.39 is 39.3 Å². The fourth-order valence-electron chi connectivity index (χ4n) is 1.54. The van der Waals surface area contributed by atoms with Crippen molar-refractivity contribution in [3.05, 3.63) is 0 Å². The molecule has 19 heavy (non-hydrogen) atoms. The van der Waals surface area contributed by atoms with E-state index in [1.807, 2.05) is 0 Å². The van der Waals surface area contributed by atoms with Gasteiger partial charge in [-0.2, -0.15) is 0 Å². The van der Waals surface area contributed by atoms with Crippen LogP contribution in [-0.2, 0) is 14.6 Å². The number of hydrogen-bond acceptors (Lipinski definition) is 4. The molecule has 8 heteroatoms. The number of amides is 2. The van der Waals surface area contributed by atoms with Crippen molar-refractivity contribution in [1.29, 1.82) is 0 Å². The van der Waals surface area contributed by atoms with Crippen molar-refractivity contribution in [2.45, 2.75) is 39.8 Å². The van der Waals surface area contributed by atoms with Crippen LogP contribution in [0.25, 0.3) is 0 Å². The quantitative estimate of drug-likeness (QED) is 0.671. The minimum atomic E-state index is -3.20. The lowest BCUT2D eigenvalue weighted by Crippen LogP contribution is -2.54. The number of aliphatic carboxylic acids is 1. The fraction of sp³-hybridized carbons (Fsp3) is 0.818. The minimum absolute atomic E-state index is 0.201.